The zero-order valence-corrected chi connectivity index (χ0v) is 6.33. The first-order valence-electron chi connectivity index (χ1n) is 3.27. The van der Waals surface area contributed by atoms with Gasteiger partial charge in [-0.2, -0.15) is 4.98 Å². The van der Waals surface area contributed by atoms with Crippen molar-refractivity contribution >= 4 is 11.7 Å². The van der Waals surface area contributed by atoms with E-state index in [0.717, 1.165) is 11.5 Å². The summed E-state index contributed by atoms with van der Waals surface area (Å²) in [5.41, 5.74) is 6.46. The summed E-state index contributed by atoms with van der Waals surface area (Å²) < 4.78 is 6.55. The first-order valence-corrected chi connectivity index (χ1v) is 3.27. The van der Waals surface area contributed by atoms with Gasteiger partial charge in [-0.3, -0.25) is 0 Å². The van der Waals surface area contributed by atoms with Crippen LogP contribution in [0.25, 0.3) is 5.84 Å². The molecule has 0 saturated carbocycles. The summed E-state index contributed by atoms with van der Waals surface area (Å²) in [6.07, 6.45) is 0. The molecule has 0 atom stereocenters. The van der Waals surface area contributed by atoms with Crippen molar-refractivity contribution < 1.29 is 4.52 Å². The maximum absolute atomic E-state index is 5.68. The number of nitrogen functional groups attached to an aromatic ring is 1. The molecule has 2 aromatic rings. The highest BCUT2D eigenvalue weighted by molar-refractivity contribution is 5.46. The molecule has 0 fully saturated rings. The Kier molecular flexibility index (Phi) is 0.986. The zero-order valence-electron chi connectivity index (χ0n) is 6.33. The van der Waals surface area contributed by atoms with Crippen LogP contribution >= 0.6 is 0 Å². The molecular formula is C6H8N4O. The second-order valence-corrected chi connectivity index (χ2v) is 2.43. The monoisotopic (exact) mass is 152 g/mol. The molecule has 0 saturated heterocycles. The van der Waals surface area contributed by atoms with Crippen molar-refractivity contribution in [2.45, 2.75) is 13.8 Å². The van der Waals surface area contributed by atoms with Gasteiger partial charge in [-0.1, -0.05) is 5.16 Å². The van der Waals surface area contributed by atoms with Gasteiger partial charge >= 0.3 is 5.84 Å². The van der Waals surface area contributed by atoms with Gasteiger partial charge in [0.05, 0.1) is 5.69 Å². The van der Waals surface area contributed by atoms with Gasteiger partial charge in [0.15, 0.2) is 5.82 Å². The van der Waals surface area contributed by atoms with Crippen LogP contribution in [-0.4, -0.2) is 14.5 Å². The summed E-state index contributed by atoms with van der Waals surface area (Å²) in [6.45, 7) is 3.64. The van der Waals surface area contributed by atoms with E-state index in [4.69, 9.17) is 10.3 Å². The average Bonchev–Trinajstić information content (AvgIpc) is 2.41. The predicted molar refractivity (Wildman–Crippen MR) is 39.1 cm³/mol. The topological polar surface area (TPSA) is 69.3 Å². The molecule has 0 amide bonds. The number of aryl methyl sites for hydroxylation is 2. The lowest BCUT2D eigenvalue weighted by Gasteiger charge is -1.88. The Morgan fingerprint density at radius 3 is 2.82 bits per heavy atom. The fourth-order valence-corrected chi connectivity index (χ4v) is 1.04. The van der Waals surface area contributed by atoms with Gasteiger partial charge < -0.3 is 10.3 Å². The van der Waals surface area contributed by atoms with Gasteiger partial charge in [0.2, 0.25) is 0 Å². The Labute approximate surface area is 62.8 Å². The van der Waals surface area contributed by atoms with E-state index in [0.29, 0.717) is 11.7 Å². The molecule has 0 aliphatic heterocycles. The number of fused-ring (bicyclic) bond motifs is 1. The highest BCUT2D eigenvalue weighted by Crippen LogP contribution is 2.14. The van der Waals surface area contributed by atoms with Crippen LogP contribution in [0.5, 0.6) is 0 Å². The molecular weight excluding hydrogens is 144 g/mol. The third-order valence-electron chi connectivity index (χ3n) is 1.65. The molecule has 2 aromatic heterocycles. The number of aromatic nitrogens is 3. The van der Waals surface area contributed by atoms with E-state index in [2.05, 4.69) is 10.1 Å². The number of hydrogen-bond donors (Lipinski definition) is 1. The maximum atomic E-state index is 5.68. The van der Waals surface area contributed by atoms with E-state index >= 15 is 0 Å². The van der Waals surface area contributed by atoms with Gasteiger partial charge in [0, 0.05) is 0 Å². The molecule has 11 heavy (non-hydrogen) atoms. The standard InChI is InChI=1S/C6H8N4O/c1-3-5(7)10-4(2)9-11-6(10)8-3/h7H2,1-2H3. The largest absolute Gasteiger partial charge is 0.383 e. The van der Waals surface area contributed by atoms with Crippen LogP contribution in [0.2, 0.25) is 0 Å². The summed E-state index contributed by atoms with van der Waals surface area (Å²) in [5, 5.41) is 3.70. The number of nitrogens with zero attached hydrogens (tertiary/aromatic N) is 3. The van der Waals surface area contributed by atoms with Crippen molar-refractivity contribution in [1.82, 2.24) is 14.5 Å². The Hall–Kier alpha value is -1.52. The molecule has 0 bridgehead atoms. The van der Waals surface area contributed by atoms with Gasteiger partial charge in [-0.05, 0) is 13.8 Å². The van der Waals surface area contributed by atoms with Gasteiger partial charge in [0.1, 0.15) is 5.82 Å². The minimum Gasteiger partial charge on any atom is -0.383 e. The lowest BCUT2D eigenvalue weighted by Crippen LogP contribution is -1.94. The molecule has 5 nitrogen and oxygen atoms in total. The van der Waals surface area contributed by atoms with E-state index < -0.39 is 0 Å². The van der Waals surface area contributed by atoms with E-state index in [1.165, 1.54) is 0 Å². The van der Waals surface area contributed by atoms with Crippen LogP contribution in [0, 0.1) is 13.8 Å². The molecule has 2 N–H and O–H groups in total. The van der Waals surface area contributed by atoms with Crippen LogP contribution < -0.4 is 5.73 Å². The van der Waals surface area contributed by atoms with Crippen LogP contribution in [0.1, 0.15) is 11.5 Å². The second-order valence-electron chi connectivity index (χ2n) is 2.43. The summed E-state index contributed by atoms with van der Waals surface area (Å²) in [4.78, 5) is 4.04. The van der Waals surface area contributed by atoms with E-state index in [1.807, 2.05) is 13.8 Å². The fraction of sp³-hybridized carbons (Fsp3) is 0.333. The minimum absolute atomic E-state index is 0.456. The summed E-state index contributed by atoms with van der Waals surface area (Å²) >= 11 is 0. The van der Waals surface area contributed by atoms with Gasteiger partial charge in [0.25, 0.3) is 0 Å². The minimum atomic E-state index is 0.456. The number of anilines is 1. The van der Waals surface area contributed by atoms with Crippen molar-refractivity contribution in [1.29, 1.82) is 0 Å². The molecule has 5 heteroatoms. The normalized spacial score (nSPS) is 11.1. The first kappa shape index (κ1) is 6.21. The maximum Gasteiger partial charge on any atom is 0.333 e. The zero-order chi connectivity index (χ0) is 8.01. The van der Waals surface area contributed by atoms with Crippen LogP contribution in [0.4, 0.5) is 5.82 Å². The van der Waals surface area contributed by atoms with Crippen LogP contribution in [0.15, 0.2) is 4.52 Å². The SMILES string of the molecule is Cc1nc2onc(C)n2c1N. The van der Waals surface area contributed by atoms with Crippen molar-refractivity contribution in [2.24, 2.45) is 0 Å². The molecule has 0 radical (unpaired) electrons. The average molecular weight is 152 g/mol. The van der Waals surface area contributed by atoms with Gasteiger partial charge in [-0.15, -0.1) is 0 Å². The lowest BCUT2D eigenvalue weighted by molar-refractivity contribution is 0.442. The van der Waals surface area contributed by atoms with Gasteiger partial charge in [-0.25, -0.2) is 4.40 Å². The Morgan fingerprint density at radius 2 is 2.18 bits per heavy atom. The van der Waals surface area contributed by atoms with Crippen molar-refractivity contribution in [3.63, 3.8) is 0 Å². The lowest BCUT2D eigenvalue weighted by atomic mass is 10.5. The third-order valence-corrected chi connectivity index (χ3v) is 1.65. The Morgan fingerprint density at radius 1 is 1.45 bits per heavy atom. The first-order chi connectivity index (χ1) is 5.20. The van der Waals surface area contributed by atoms with E-state index in [9.17, 15) is 0 Å². The number of nitrogens with two attached hydrogens (primary N) is 1. The highest BCUT2D eigenvalue weighted by Gasteiger charge is 2.10. The van der Waals surface area contributed by atoms with E-state index in [-0.39, 0.29) is 0 Å². The molecule has 0 aliphatic carbocycles. The Balaban J connectivity index is 2.95. The molecule has 58 valence electrons. The number of imidazole rings is 1. The van der Waals surface area contributed by atoms with Crippen molar-refractivity contribution in [3.8, 4) is 0 Å². The molecule has 2 heterocycles. The molecule has 0 aliphatic rings. The van der Waals surface area contributed by atoms with Crippen molar-refractivity contribution in [3.05, 3.63) is 11.5 Å². The molecule has 0 spiro atoms. The Bertz CT molecular complexity index is 400. The number of hydrogen-bond acceptors (Lipinski definition) is 4. The second kappa shape index (κ2) is 1.75. The molecule has 0 unspecified atom stereocenters. The third kappa shape index (κ3) is 0.646. The molecule has 2 rings (SSSR count). The summed E-state index contributed by atoms with van der Waals surface area (Å²) in [6, 6.07) is 0. The predicted octanol–water partition coefficient (Wildman–Crippen LogP) is 0.521. The highest BCUT2D eigenvalue weighted by atomic mass is 16.5. The van der Waals surface area contributed by atoms with Crippen molar-refractivity contribution in [2.75, 3.05) is 5.73 Å². The van der Waals surface area contributed by atoms with E-state index in [1.54, 1.807) is 4.40 Å². The summed E-state index contributed by atoms with van der Waals surface area (Å²) in [7, 11) is 0. The fourth-order valence-electron chi connectivity index (χ4n) is 1.04. The number of rotatable bonds is 0. The van der Waals surface area contributed by atoms with Crippen LogP contribution in [-0.2, 0) is 0 Å². The molecule has 0 aromatic carbocycles. The van der Waals surface area contributed by atoms with Crippen LogP contribution in [0.3, 0.4) is 0 Å². The quantitative estimate of drug-likeness (QED) is 0.597. The summed E-state index contributed by atoms with van der Waals surface area (Å²) in [5.74, 6) is 1.77. The smallest absolute Gasteiger partial charge is 0.333 e.